The van der Waals surface area contributed by atoms with E-state index in [0.717, 1.165) is 68.0 Å². The second kappa shape index (κ2) is 62.2. The molecule has 0 saturated carbocycles. The number of carbonyl (C=O) groups excluding carboxylic acids is 15. The van der Waals surface area contributed by atoms with Crippen LogP contribution in [0.4, 0.5) is 0 Å². The first kappa shape index (κ1) is 121. The fraction of sp³-hybridized carbons (Fsp3) is 0.733. The van der Waals surface area contributed by atoms with E-state index in [9.17, 15) is 81.8 Å². The zero-order valence-corrected chi connectivity index (χ0v) is 85.6. The molecule has 58 heteroatoms. The van der Waals surface area contributed by atoms with Gasteiger partial charge in [0.15, 0.2) is 67.9 Å². The first-order valence-electron chi connectivity index (χ1n) is 47.9. The highest BCUT2D eigenvalue weighted by molar-refractivity contribution is 5.77. The van der Waals surface area contributed by atoms with Gasteiger partial charge in [-0.25, -0.2) is 14.0 Å². The predicted molar refractivity (Wildman–Crippen MR) is 490 cm³/mol. The fourth-order valence-electron chi connectivity index (χ4n) is 16.4. The zero-order chi connectivity index (χ0) is 108. The highest BCUT2D eigenvalue weighted by Crippen LogP contribution is 2.34. The van der Waals surface area contributed by atoms with Crippen molar-refractivity contribution in [2.24, 2.45) is 0 Å². The quantitative estimate of drug-likeness (QED) is 0.0147. The lowest BCUT2D eigenvalue weighted by Crippen LogP contribution is -2.66. The van der Waals surface area contributed by atoms with Crippen molar-refractivity contribution >= 4 is 95.3 Å². The number of aromatic nitrogens is 11. The normalized spacial score (nSPS) is 23.9. The van der Waals surface area contributed by atoms with Gasteiger partial charge in [-0.05, 0) is 26.3 Å². The van der Waals surface area contributed by atoms with Crippen LogP contribution in [0.3, 0.4) is 0 Å². The molecule has 0 bridgehead atoms. The van der Waals surface area contributed by atoms with Gasteiger partial charge in [0.1, 0.15) is 87.2 Å². The standard InChI is InChI=1S/C90H137N17O41/c1-17-129-78-70(46-134-54(6)112)145-87(74(91-50(2)108)82(78)141-61(13)119)130-35-31-127-28-24-106-43-66(96-100-106)40-103(41-67-44-107(101-97-67)25-29-128-33-37-133-90-77(94-53(5)111)85(144-64(16)122)81(140-60(12)118)73(148-90)49-137-57(9)115)69(86(123)124)20-18-19-21-102(39-68-45-104(98-68)22-26-125-30-34-131-88-75(92-51(3)109)83(142-62(14)120)79(138-58(10)116)71(146-88)47-135-55(7)113)38-65-42-105(99-95-65)23-27-126-32-36-132-89-76(93-52(4)110)84(143-63(15)121)80(139-59(11)117)72(147-89)48-136-56(8)114/h42-45,69-85,87-90,98H,17-41,46-49H2,1-16H3,(H,91,108)(H,92,109)(H,93,110)(H,94,111)(H,123,124). The van der Waals surface area contributed by atoms with Gasteiger partial charge in [0.2, 0.25) is 23.6 Å². The first-order valence-corrected chi connectivity index (χ1v) is 47.9. The average Bonchev–Trinajstić information content (AvgIpc) is 0.800. The molecule has 6 N–H and O–H groups in total. The SMILES string of the molecule is CCOC1C(COC(C)=O)OC(OCCOCCn2cc(CN(Cc3cn(CCOCCOC4OC(COC(C)=O)C(OC(C)=O)C(OC(C)=O)C4NC(C)=O)nn3)C(CCCCN(Cc3cn(CCOCCOC4OC(COC(C)=O)C(OC(C)=O)C(OC(C)=O)C4NC(C)=O)nn3)Cc3cn(CCOCCOC4OC(COC(C)=O)C(OC(C)=O)C(OC(C)=O)C4NC(C)=O)[nH]3)C(=O)O)nn2)C(NC(C)=O)C1OC(C)=O. The van der Waals surface area contributed by atoms with E-state index in [2.05, 4.69) is 62.2 Å². The van der Waals surface area contributed by atoms with Crippen LogP contribution in [0.1, 0.15) is 153 Å². The van der Waals surface area contributed by atoms with Gasteiger partial charge in [0.05, 0.1) is 128 Å². The molecule has 21 unspecified atom stereocenters. The highest BCUT2D eigenvalue weighted by Gasteiger charge is 2.56. The molecule has 4 aliphatic rings. The summed E-state index contributed by atoms with van der Waals surface area (Å²) in [5.41, 5.74) is 2.00. The third kappa shape index (κ3) is 42.0. The van der Waals surface area contributed by atoms with Crippen LogP contribution in [0.15, 0.2) is 24.8 Å². The summed E-state index contributed by atoms with van der Waals surface area (Å²) >= 11 is 0. The van der Waals surface area contributed by atoms with Crippen molar-refractivity contribution in [3.8, 4) is 0 Å². The van der Waals surface area contributed by atoms with Crippen molar-refractivity contribution < 1.29 is 196 Å². The van der Waals surface area contributed by atoms with Gasteiger partial charge < -0.3 is 145 Å². The number of aromatic amines is 1. The number of nitrogens with zero attached hydrogens (tertiary/aromatic N) is 12. The maximum atomic E-state index is 13.9. The van der Waals surface area contributed by atoms with E-state index in [1.165, 1.54) is 50.9 Å². The van der Waals surface area contributed by atoms with E-state index in [4.69, 9.17) is 114 Å². The van der Waals surface area contributed by atoms with Crippen LogP contribution in [0.2, 0.25) is 0 Å². The molecule has 58 nitrogen and oxygen atoms in total. The average molecular weight is 2110 g/mol. The maximum absolute atomic E-state index is 13.9. The number of rotatable bonds is 64. The minimum Gasteiger partial charge on any atom is -0.480 e. The molecule has 0 aromatic carbocycles. The van der Waals surface area contributed by atoms with E-state index in [1.54, 1.807) is 39.8 Å². The Morgan fingerprint density at radius 1 is 0.351 bits per heavy atom. The van der Waals surface area contributed by atoms with Gasteiger partial charge in [-0.15, -0.1) is 15.3 Å². The Bertz CT molecular complexity index is 4920. The minimum atomic E-state index is -1.36. The van der Waals surface area contributed by atoms with Crippen molar-refractivity contribution in [1.82, 2.24) is 85.8 Å². The van der Waals surface area contributed by atoms with Gasteiger partial charge in [0, 0.05) is 161 Å². The number of esters is 11. The Labute approximate surface area is 850 Å². The van der Waals surface area contributed by atoms with Crippen molar-refractivity contribution in [3.63, 3.8) is 0 Å². The third-order valence-electron chi connectivity index (χ3n) is 22.0. The van der Waals surface area contributed by atoms with Crippen LogP contribution in [0.5, 0.6) is 0 Å². The summed E-state index contributed by atoms with van der Waals surface area (Å²) in [5.74, 6) is -11.4. The fourth-order valence-corrected chi connectivity index (χ4v) is 16.4. The van der Waals surface area contributed by atoms with Crippen molar-refractivity contribution in [2.45, 2.75) is 311 Å². The number of unbranched alkanes of at least 4 members (excludes halogenated alkanes) is 1. The molecule has 21 atom stereocenters. The van der Waals surface area contributed by atoms with E-state index in [0.29, 0.717) is 49.6 Å². The largest absolute Gasteiger partial charge is 0.480 e. The second-order valence-corrected chi connectivity index (χ2v) is 34.5. The van der Waals surface area contributed by atoms with Crippen molar-refractivity contribution in [2.75, 3.05) is 119 Å². The Morgan fingerprint density at radius 3 is 0.919 bits per heavy atom. The molecule has 148 heavy (non-hydrogen) atoms. The summed E-state index contributed by atoms with van der Waals surface area (Å²) < 4.78 is 144. The van der Waals surface area contributed by atoms with Crippen LogP contribution in [-0.2, 0) is 243 Å². The molecule has 8 heterocycles. The maximum Gasteiger partial charge on any atom is 0.320 e. The molecule has 4 saturated heterocycles. The van der Waals surface area contributed by atoms with E-state index in [1.807, 2.05) is 6.20 Å². The van der Waals surface area contributed by atoms with Gasteiger partial charge in [-0.3, -0.25) is 91.2 Å². The second-order valence-electron chi connectivity index (χ2n) is 34.5. The van der Waals surface area contributed by atoms with Crippen LogP contribution < -0.4 is 21.3 Å². The Kier molecular flexibility index (Phi) is 50.8. The summed E-state index contributed by atoms with van der Waals surface area (Å²) in [6.07, 6.45) is -12.4. The summed E-state index contributed by atoms with van der Waals surface area (Å²) in [7, 11) is 0. The Hall–Kier alpha value is -12.3. The summed E-state index contributed by atoms with van der Waals surface area (Å²) in [4.78, 5) is 202. The molecule has 4 aromatic rings. The molecular weight excluding hydrogens is 1980 g/mol. The number of hydrogen-bond donors (Lipinski definition) is 6. The predicted octanol–water partition coefficient (Wildman–Crippen LogP) is -2.85. The molecule has 4 aromatic heterocycles. The number of H-pyrrole nitrogens is 1. The van der Waals surface area contributed by atoms with Crippen LogP contribution in [0.25, 0.3) is 0 Å². The lowest BCUT2D eigenvalue weighted by Gasteiger charge is -2.45. The highest BCUT2D eigenvalue weighted by atomic mass is 16.8. The lowest BCUT2D eigenvalue weighted by atomic mass is 9.96. The molecule has 8 rings (SSSR count). The Morgan fingerprint density at radius 2 is 0.635 bits per heavy atom. The van der Waals surface area contributed by atoms with Crippen LogP contribution >= 0.6 is 0 Å². The summed E-state index contributed by atoms with van der Waals surface area (Å²) in [6.45, 7) is 18.8. The minimum absolute atomic E-state index is 0.0127. The molecular formula is C90H137N17O41. The number of carbonyl (C=O) groups is 16. The molecule has 4 fully saturated rings. The molecule has 0 radical (unpaired) electrons. The number of ether oxygens (including phenoxy) is 24. The molecule has 0 spiro atoms. The summed E-state index contributed by atoms with van der Waals surface area (Å²) in [5, 5.41) is 51.6. The molecule has 4 aliphatic heterocycles. The number of aliphatic carboxylic acids is 1. The number of carboxylic acids is 1. The van der Waals surface area contributed by atoms with Crippen LogP contribution in [0, 0.1) is 0 Å². The van der Waals surface area contributed by atoms with Crippen molar-refractivity contribution in [1.29, 1.82) is 0 Å². The van der Waals surface area contributed by atoms with Crippen LogP contribution in [-0.4, -0.2) is 412 Å². The van der Waals surface area contributed by atoms with E-state index >= 15 is 0 Å². The lowest BCUT2D eigenvalue weighted by molar-refractivity contribution is -0.282. The summed E-state index contributed by atoms with van der Waals surface area (Å²) in [6, 6.07) is -5.91. The third-order valence-corrected chi connectivity index (χ3v) is 22.0. The number of hydrogen-bond acceptors (Lipinski definition) is 48. The van der Waals surface area contributed by atoms with Crippen molar-refractivity contribution in [3.05, 3.63) is 47.6 Å². The first-order chi connectivity index (χ1) is 70.5. The van der Waals surface area contributed by atoms with E-state index < -0.39 is 244 Å². The van der Waals surface area contributed by atoms with Gasteiger partial charge in [0.25, 0.3) is 0 Å². The zero-order valence-electron chi connectivity index (χ0n) is 85.6. The van der Waals surface area contributed by atoms with E-state index in [-0.39, 0.29) is 138 Å². The van der Waals surface area contributed by atoms with Gasteiger partial charge in [-0.1, -0.05) is 22.1 Å². The topological polar surface area (TPSA) is 682 Å². The molecule has 828 valence electrons. The number of amides is 4. The number of nitrogens with one attached hydrogen (secondary N) is 5. The monoisotopic (exact) mass is 2110 g/mol. The number of carboxylic acid groups (broad SMARTS) is 1. The van der Waals surface area contributed by atoms with Gasteiger partial charge in [-0.2, -0.15) is 0 Å². The Balaban J connectivity index is 0.967. The smallest absolute Gasteiger partial charge is 0.320 e. The van der Waals surface area contributed by atoms with Gasteiger partial charge >= 0.3 is 71.6 Å². The molecule has 0 aliphatic carbocycles. The molecule has 4 amide bonds.